The summed E-state index contributed by atoms with van der Waals surface area (Å²) in [6, 6.07) is 0.705. The van der Waals surface area contributed by atoms with Crippen LogP contribution in [0.4, 0.5) is 0 Å². The molecule has 3 heteroatoms. The zero-order valence-corrected chi connectivity index (χ0v) is 9.74. The number of nitrogens with zero attached hydrogens (tertiary/aromatic N) is 1. The fourth-order valence-electron chi connectivity index (χ4n) is 2.83. The molecule has 2 saturated heterocycles. The molecule has 0 aromatic carbocycles. The highest BCUT2D eigenvalue weighted by Crippen LogP contribution is 2.33. The van der Waals surface area contributed by atoms with Crippen LogP contribution in [0.1, 0.15) is 32.6 Å². The van der Waals surface area contributed by atoms with E-state index in [2.05, 4.69) is 11.8 Å². The molecule has 0 amide bonds. The van der Waals surface area contributed by atoms with E-state index in [9.17, 15) is 5.11 Å². The van der Waals surface area contributed by atoms with Crippen molar-refractivity contribution in [3.05, 3.63) is 0 Å². The Morgan fingerprint density at radius 3 is 2.67 bits per heavy atom. The first-order valence-corrected chi connectivity index (χ1v) is 6.18. The fraction of sp³-hybridized carbons (Fsp3) is 1.00. The molecule has 1 N–H and O–H groups in total. The largest absolute Gasteiger partial charge is 0.396 e. The number of rotatable bonds is 3. The maximum Gasteiger partial charge on any atom is 0.0501 e. The number of likely N-dealkylation sites (tertiary alicyclic amines) is 1. The summed E-state index contributed by atoms with van der Waals surface area (Å²) in [5.41, 5.74) is 0.122. The van der Waals surface area contributed by atoms with Crippen LogP contribution in [0, 0.1) is 5.41 Å². The summed E-state index contributed by atoms with van der Waals surface area (Å²) in [4.78, 5) is 2.54. The van der Waals surface area contributed by atoms with E-state index in [0.29, 0.717) is 12.6 Å². The van der Waals surface area contributed by atoms with E-state index in [1.807, 2.05) is 0 Å². The van der Waals surface area contributed by atoms with Gasteiger partial charge >= 0.3 is 0 Å². The van der Waals surface area contributed by atoms with Crippen LogP contribution in [0.25, 0.3) is 0 Å². The third-order valence-electron chi connectivity index (χ3n) is 4.12. The van der Waals surface area contributed by atoms with Gasteiger partial charge < -0.3 is 14.7 Å². The first kappa shape index (κ1) is 11.4. The Balaban J connectivity index is 1.94. The molecule has 2 aliphatic rings. The minimum atomic E-state index is 0.122. The maximum atomic E-state index is 9.61. The SMILES string of the molecule is CC1CCCN1CC1(CO)CCOCC1. The molecule has 1 unspecified atom stereocenters. The topological polar surface area (TPSA) is 32.7 Å². The van der Waals surface area contributed by atoms with E-state index in [1.165, 1.54) is 19.4 Å². The highest BCUT2D eigenvalue weighted by Gasteiger charge is 2.36. The smallest absolute Gasteiger partial charge is 0.0501 e. The Morgan fingerprint density at radius 2 is 2.13 bits per heavy atom. The van der Waals surface area contributed by atoms with E-state index in [4.69, 9.17) is 4.74 Å². The molecule has 88 valence electrons. The van der Waals surface area contributed by atoms with Crippen molar-refractivity contribution in [2.45, 2.75) is 38.6 Å². The van der Waals surface area contributed by atoms with Crippen molar-refractivity contribution >= 4 is 0 Å². The zero-order chi connectivity index (χ0) is 10.7. The highest BCUT2D eigenvalue weighted by atomic mass is 16.5. The molecule has 2 rings (SSSR count). The number of aliphatic hydroxyl groups excluding tert-OH is 1. The third-order valence-corrected chi connectivity index (χ3v) is 4.12. The highest BCUT2D eigenvalue weighted by molar-refractivity contribution is 4.88. The van der Waals surface area contributed by atoms with Crippen LogP contribution in [-0.4, -0.2) is 49.0 Å². The van der Waals surface area contributed by atoms with Crippen molar-refractivity contribution < 1.29 is 9.84 Å². The Hall–Kier alpha value is -0.120. The van der Waals surface area contributed by atoms with Crippen molar-refractivity contribution in [3.63, 3.8) is 0 Å². The standard InChI is InChI=1S/C12H23NO2/c1-11-3-2-6-13(11)9-12(10-14)4-7-15-8-5-12/h11,14H,2-10H2,1H3. The number of hydrogen-bond acceptors (Lipinski definition) is 3. The number of hydrogen-bond donors (Lipinski definition) is 1. The first-order chi connectivity index (χ1) is 7.26. The average molecular weight is 213 g/mol. The fourth-order valence-corrected chi connectivity index (χ4v) is 2.83. The third kappa shape index (κ3) is 2.52. The predicted molar refractivity (Wildman–Crippen MR) is 59.8 cm³/mol. The first-order valence-electron chi connectivity index (χ1n) is 6.18. The van der Waals surface area contributed by atoms with Crippen LogP contribution in [0.15, 0.2) is 0 Å². The molecule has 2 aliphatic heterocycles. The molecular formula is C12H23NO2. The number of aliphatic hydroxyl groups is 1. The Labute approximate surface area is 92.4 Å². The minimum Gasteiger partial charge on any atom is -0.396 e. The Kier molecular flexibility index (Phi) is 3.65. The second kappa shape index (κ2) is 4.81. The van der Waals surface area contributed by atoms with Crippen molar-refractivity contribution in [3.8, 4) is 0 Å². The summed E-state index contributed by atoms with van der Waals surface area (Å²) in [7, 11) is 0. The van der Waals surface area contributed by atoms with Gasteiger partial charge in [-0.3, -0.25) is 0 Å². The van der Waals surface area contributed by atoms with Crippen molar-refractivity contribution in [2.75, 3.05) is 32.9 Å². The molecular weight excluding hydrogens is 190 g/mol. The van der Waals surface area contributed by atoms with Gasteiger partial charge in [0.2, 0.25) is 0 Å². The molecule has 0 saturated carbocycles. The lowest BCUT2D eigenvalue weighted by Crippen LogP contribution is -2.44. The van der Waals surface area contributed by atoms with E-state index in [1.54, 1.807) is 0 Å². The summed E-state index contributed by atoms with van der Waals surface area (Å²) in [5, 5.41) is 9.61. The minimum absolute atomic E-state index is 0.122. The monoisotopic (exact) mass is 213 g/mol. The van der Waals surface area contributed by atoms with Gasteiger partial charge in [-0.25, -0.2) is 0 Å². The van der Waals surface area contributed by atoms with Gasteiger partial charge in [0.25, 0.3) is 0 Å². The Morgan fingerprint density at radius 1 is 1.40 bits per heavy atom. The predicted octanol–water partition coefficient (Wildman–Crippen LogP) is 1.26. The second-order valence-electron chi connectivity index (χ2n) is 5.23. The average Bonchev–Trinajstić information content (AvgIpc) is 2.66. The lowest BCUT2D eigenvalue weighted by molar-refractivity contribution is -0.0352. The van der Waals surface area contributed by atoms with Crippen LogP contribution in [-0.2, 0) is 4.74 Å². The molecule has 0 aromatic heterocycles. The van der Waals surface area contributed by atoms with Gasteiger partial charge in [0, 0.05) is 31.2 Å². The summed E-state index contributed by atoms with van der Waals surface area (Å²) in [6.45, 7) is 6.54. The molecule has 3 nitrogen and oxygen atoms in total. The van der Waals surface area contributed by atoms with Crippen molar-refractivity contribution in [1.82, 2.24) is 4.90 Å². The molecule has 2 heterocycles. The van der Waals surface area contributed by atoms with Crippen LogP contribution in [0.3, 0.4) is 0 Å². The van der Waals surface area contributed by atoms with Gasteiger partial charge in [-0.15, -0.1) is 0 Å². The molecule has 0 aliphatic carbocycles. The number of ether oxygens (including phenoxy) is 1. The molecule has 0 bridgehead atoms. The lowest BCUT2D eigenvalue weighted by atomic mass is 9.80. The molecule has 15 heavy (non-hydrogen) atoms. The molecule has 0 spiro atoms. The summed E-state index contributed by atoms with van der Waals surface area (Å²) in [6.07, 6.45) is 4.68. The molecule has 0 radical (unpaired) electrons. The normalized spacial score (nSPS) is 32.0. The van der Waals surface area contributed by atoms with Gasteiger partial charge in [0.15, 0.2) is 0 Å². The van der Waals surface area contributed by atoms with Gasteiger partial charge in [-0.05, 0) is 39.2 Å². The second-order valence-corrected chi connectivity index (χ2v) is 5.23. The van der Waals surface area contributed by atoms with Crippen LogP contribution < -0.4 is 0 Å². The van der Waals surface area contributed by atoms with Crippen molar-refractivity contribution in [2.24, 2.45) is 5.41 Å². The summed E-state index contributed by atoms with van der Waals surface area (Å²) < 4.78 is 5.39. The van der Waals surface area contributed by atoms with Gasteiger partial charge in [0.1, 0.15) is 0 Å². The quantitative estimate of drug-likeness (QED) is 0.766. The van der Waals surface area contributed by atoms with E-state index in [-0.39, 0.29) is 5.41 Å². The van der Waals surface area contributed by atoms with Gasteiger partial charge in [-0.1, -0.05) is 0 Å². The summed E-state index contributed by atoms with van der Waals surface area (Å²) >= 11 is 0. The van der Waals surface area contributed by atoms with E-state index < -0.39 is 0 Å². The maximum absolute atomic E-state index is 9.61. The molecule has 0 aromatic rings. The van der Waals surface area contributed by atoms with Gasteiger partial charge in [-0.2, -0.15) is 0 Å². The van der Waals surface area contributed by atoms with Crippen LogP contribution in [0.5, 0.6) is 0 Å². The zero-order valence-electron chi connectivity index (χ0n) is 9.74. The van der Waals surface area contributed by atoms with Gasteiger partial charge in [0.05, 0.1) is 6.61 Å². The lowest BCUT2D eigenvalue weighted by Gasteiger charge is -2.39. The van der Waals surface area contributed by atoms with Crippen LogP contribution in [0.2, 0.25) is 0 Å². The molecule has 1 atom stereocenters. The Bertz CT molecular complexity index is 202. The van der Waals surface area contributed by atoms with E-state index >= 15 is 0 Å². The molecule has 2 fully saturated rings. The van der Waals surface area contributed by atoms with Crippen molar-refractivity contribution in [1.29, 1.82) is 0 Å². The van der Waals surface area contributed by atoms with E-state index in [0.717, 1.165) is 32.6 Å². The summed E-state index contributed by atoms with van der Waals surface area (Å²) in [5.74, 6) is 0. The van der Waals surface area contributed by atoms with Crippen LogP contribution >= 0.6 is 0 Å².